The maximum Gasteiger partial charge on any atom is 0.263 e. The van der Waals surface area contributed by atoms with Gasteiger partial charge in [-0.05, 0) is 63.6 Å². The molecule has 2 N–H and O–H groups in total. The molecule has 0 bridgehead atoms. The highest BCUT2D eigenvalue weighted by atomic mass is 32.2. The van der Waals surface area contributed by atoms with E-state index in [0.717, 1.165) is 16.0 Å². The molecule has 0 fully saturated rings. The topological polar surface area (TPSA) is 101 Å². The van der Waals surface area contributed by atoms with Crippen molar-refractivity contribution in [2.45, 2.75) is 37.5 Å². The molecule has 0 aliphatic heterocycles. The van der Waals surface area contributed by atoms with E-state index in [0.29, 0.717) is 17.2 Å². The SMILES string of the molecule is Cc1ccc(C)c(SCC(=O)Nc2ccc(S(=O)(=O)Nc3cc(C)nc(C)n3)cc2)c1. The average molecular weight is 457 g/mol. The van der Waals surface area contributed by atoms with Crippen LogP contribution in [0.5, 0.6) is 0 Å². The van der Waals surface area contributed by atoms with Gasteiger partial charge in [0.25, 0.3) is 10.0 Å². The number of rotatable bonds is 7. The molecule has 0 unspecified atom stereocenters. The lowest BCUT2D eigenvalue weighted by molar-refractivity contribution is -0.113. The van der Waals surface area contributed by atoms with Crippen LogP contribution >= 0.6 is 11.8 Å². The number of anilines is 2. The monoisotopic (exact) mass is 456 g/mol. The van der Waals surface area contributed by atoms with E-state index in [1.807, 2.05) is 26.0 Å². The van der Waals surface area contributed by atoms with Crippen molar-refractivity contribution in [1.29, 1.82) is 0 Å². The lowest BCUT2D eigenvalue weighted by Crippen LogP contribution is -2.16. The van der Waals surface area contributed by atoms with E-state index in [2.05, 4.69) is 26.1 Å². The Kier molecular flexibility index (Phi) is 6.97. The van der Waals surface area contributed by atoms with Crippen LogP contribution in [0.2, 0.25) is 0 Å². The van der Waals surface area contributed by atoms with Crippen molar-refractivity contribution in [3.8, 4) is 0 Å². The van der Waals surface area contributed by atoms with Gasteiger partial charge in [-0.2, -0.15) is 0 Å². The van der Waals surface area contributed by atoms with Crippen LogP contribution in [-0.4, -0.2) is 30.0 Å². The summed E-state index contributed by atoms with van der Waals surface area (Å²) in [5, 5.41) is 2.79. The van der Waals surface area contributed by atoms with Gasteiger partial charge < -0.3 is 5.32 Å². The van der Waals surface area contributed by atoms with E-state index >= 15 is 0 Å². The first-order valence-corrected chi connectivity index (χ1v) is 12.0. The molecule has 0 spiro atoms. The molecule has 0 aliphatic carbocycles. The quantitative estimate of drug-likeness (QED) is 0.516. The van der Waals surface area contributed by atoms with Crippen molar-refractivity contribution in [3.63, 3.8) is 0 Å². The van der Waals surface area contributed by atoms with Crippen molar-refractivity contribution >= 4 is 39.2 Å². The first-order valence-electron chi connectivity index (χ1n) is 9.57. The van der Waals surface area contributed by atoms with Crippen LogP contribution in [0.3, 0.4) is 0 Å². The van der Waals surface area contributed by atoms with Gasteiger partial charge in [0.05, 0.1) is 10.6 Å². The van der Waals surface area contributed by atoms with Gasteiger partial charge in [0.1, 0.15) is 11.6 Å². The molecule has 0 aliphatic rings. The second-order valence-electron chi connectivity index (χ2n) is 7.18. The van der Waals surface area contributed by atoms with Crippen molar-refractivity contribution < 1.29 is 13.2 Å². The Morgan fingerprint density at radius 2 is 1.68 bits per heavy atom. The minimum Gasteiger partial charge on any atom is -0.325 e. The fourth-order valence-electron chi connectivity index (χ4n) is 2.89. The maximum absolute atomic E-state index is 12.6. The molecule has 0 atom stereocenters. The number of nitrogens with zero attached hydrogens (tertiary/aromatic N) is 2. The highest BCUT2D eigenvalue weighted by Gasteiger charge is 2.16. The summed E-state index contributed by atoms with van der Waals surface area (Å²) in [6.07, 6.45) is 0. The predicted octanol–water partition coefficient (Wildman–Crippen LogP) is 4.24. The minimum atomic E-state index is -3.80. The minimum absolute atomic E-state index is 0.0733. The van der Waals surface area contributed by atoms with Crippen LogP contribution in [0.1, 0.15) is 22.6 Å². The van der Waals surface area contributed by atoms with Crippen molar-refractivity contribution in [2.24, 2.45) is 0 Å². The molecular formula is C22H24N4O3S2. The van der Waals surface area contributed by atoms with Crippen molar-refractivity contribution in [1.82, 2.24) is 9.97 Å². The number of amides is 1. The summed E-state index contributed by atoms with van der Waals surface area (Å²) in [5.74, 6) is 0.796. The number of nitrogens with one attached hydrogen (secondary N) is 2. The van der Waals surface area contributed by atoms with Gasteiger partial charge in [0.15, 0.2) is 0 Å². The van der Waals surface area contributed by atoms with Gasteiger partial charge in [0, 0.05) is 22.3 Å². The Balaban J connectivity index is 1.62. The summed E-state index contributed by atoms with van der Waals surface area (Å²) >= 11 is 1.47. The van der Waals surface area contributed by atoms with E-state index in [4.69, 9.17) is 0 Å². The van der Waals surface area contributed by atoms with Crippen LogP contribution in [0.4, 0.5) is 11.5 Å². The largest absolute Gasteiger partial charge is 0.325 e. The molecule has 7 nitrogen and oxygen atoms in total. The summed E-state index contributed by atoms with van der Waals surface area (Å²) in [5.41, 5.74) is 3.46. The van der Waals surface area contributed by atoms with E-state index < -0.39 is 10.0 Å². The third-order valence-corrected chi connectivity index (χ3v) is 6.88. The maximum atomic E-state index is 12.6. The molecule has 1 amide bonds. The predicted molar refractivity (Wildman–Crippen MR) is 124 cm³/mol. The van der Waals surface area contributed by atoms with E-state index in [-0.39, 0.29) is 22.4 Å². The van der Waals surface area contributed by atoms with Crippen molar-refractivity contribution in [2.75, 3.05) is 15.8 Å². The molecule has 3 aromatic rings. The first kappa shape index (κ1) is 22.8. The number of thioether (sulfide) groups is 1. The molecule has 0 radical (unpaired) electrons. The smallest absolute Gasteiger partial charge is 0.263 e. The summed E-state index contributed by atoms with van der Waals surface area (Å²) in [6, 6.07) is 13.7. The fraction of sp³-hybridized carbons (Fsp3) is 0.227. The van der Waals surface area contributed by atoms with Gasteiger partial charge in [0.2, 0.25) is 5.91 Å². The Morgan fingerprint density at radius 1 is 0.968 bits per heavy atom. The molecule has 0 saturated carbocycles. The van der Waals surface area contributed by atoms with Crippen LogP contribution in [0.15, 0.2) is 58.3 Å². The molecule has 31 heavy (non-hydrogen) atoms. The van der Waals surface area contributed by atoms with Crippen molar-refractivity contribution in [3.05, 3.63) is 71.2 Å². The molecule has 1 aromatic heterocycles. The standard InChI is InChI=1S/C22H24N4O3S2/c1-14-5-6-15(2)20(11-14)30-13-22(27)25-18-7-9-19(10-8-18)31(28,29)26-21-12-16(3)23-17(4)24-21/h5-12H,13H2,1-4H3,(H,25,27)(H,23,24,26). The van der Waals surface area contributed by atoms with Gasteiger partial charge in [-0.1, -0.05) is 17.7 Å². The molecule has 3 rings (SSSR count). The molecular weight excluding hydrogens is 432 g/mol. The zero-order chi connectivity index (χ0) is 22.6. The number of sulfonamides is 1. The number of carbonyl (C=O) groups is 1. The average Bonchev–Trinajstić information content (AvgIpc) is 2.68. The Hall–Kier alpha value is -2.91. The number of carbonyl (C=O) groups excluding carboxylic acids is 1. The highest BCUT2D eigenvalue weighted by Crippen LogP contribution is 2.24. The van der Waals surface area contributed by atoms with E-state index in [1.54, 1.807) is 32.0 Å². The molecule has 9 heteroatoms. The highest BCUT2D eigenvalue weighted by molar-refractivity contribution is 8.00. The Morgan fingerprint density at radius 3 is 2.35 bits per heavy atom. The summed E-state index contributed by atoms with van der Waals surface area (Å²) in [7, 11) is -3.80. The van der Waals surface area contributed by atoms with Gasteiger partial charge in [-0.3, -0.25) is 9.52 Å². The third kappa shape index (κ3) is 6.28. The lowest BCUT2D eigenvalue weighted by Gasteiger charge is -2.10. The van der Waals surface area contributed by atoms with E-state index in [1.165, 1.54) is 23.9 Å². The van der Waals surface area contributed by atoms with Crippen LogP contribution in [0, 0.1) is 27.7 Å². The number of benzene rings is 2. The zero-order valence-corrected chi connectivity index (χ0v) is 19.4. The Labute approximate surface area is 186 Å². The summed E-state index contributed by atoms with van der Waals surface area (Å²) in [6.45, 7) is 7.49. The number of aromatic nitrogens is 2. The second-order valence-corrected chi connectivity index (χ2v) is 9.88. The number of hydrogen-bond acceptors (Lipinski definition) is 6. The molecule has 0 saturated heterocycles. The summed E-state index contributed by atoms with van der Waals surface area (Å²) in [4.78, 5) is 21.7. The van der Waals surface area contributed by atoms with Crippen LogP contribution in [-0.2, 0) is 14.8 Å². The Bertz CT molecular complexity index is 1190. The first-order chi connectivity index (χ1) is 14.6. The van der Waals surface area contributed by atoms with Gasteiger partial charge in [-0.25, -0.2) is 18.4 Å². The van der Waals surface area contributed by atoms with E-state index in [9.17, 15) is 13.2 Å². The normalized spacial score (nSPS) is 11.2. The van der Waals surface area contributed by atoms with Gasteiger partial charge >= 0.3 is 0 Å². The second kappa shape index (κ2) is 9.49. The lowest BCUT2D eigenvalue weighted by atomic mass is 10.2. The zero-order valence-electron chi connectivity index (χ0n) is 17.8. The molecule has 162 valence electrons. The fourth-order valence-corrected chi connectivity index (χ4v) is 4.80. The number of aryl methyl sites for hydroxylation is 4. The van der Waals surface area contributed by atoms with Crippen LogP contribution in [0.25, 0.3) is 0 Å². The molecule has 1 heterocycles. The van der Waals surface area contributed by atoms with Gasteiger partial charge in [-0.15, -0.1) is 11.8 Å². The number of hydrogen-bond donors (Lipinski definition) is 2. The summed E-state index contributed by atoms with van der Waals surface area (Å²) < 4.78 is 27.7. The van der Waals surface area contributed by atoms with Crippen LogP contribution < -0.4 is 10.0 Å². The molecule has 2 aromatic carbocycles. The third-order valence-electron chi connectivity index (χ3n) is 4.36.